The van der Waals surface area contributed by atoms with Crippen molar-refractivity contribution in [2.24, 2.45) is 0 Å². The van der Waals surface area contributed by atoms with E-state index in [4.69, 9.17) is 5.11 Å². The van der Waals surface area contributed by atoms with Gasteiger partial charge < -0.3 is 20.8 Å². The number of aliphatic hydroxyl groups is 2. The molecule has 1 unspecified atom stereocenters. The Morgan fingerprint density at radius 3 is 2.59 bits per heavy atom. The normalized spacial score (nSPS) is 11.7. The van der Waals surface area contributed by atoms with Gasteiger partial charge in [-0.05, 0) is 23.8 Å². The molecule has 4 N–H and O–H groups in total. The van der Waals surface area contributed by atoms with Crippen LogP contribution in [0.3, 0.4) is 0 Å². The molecule has 2 rings (SSSR count). The molecule has 0 aliphatic rings. The first-order valence-electron chi connectivity index (χ1n) is 7.14. The highest BCUT2D eigenvalue weighted by atomic mass is 16.3. The summed E-state index contributed by atoms with van der Waals surface area (Å²) >= 11 is 0. The van der Waals surface area contributed by atoms with Gasteiger partial charge in [0.1, 0.15) is 0 Å². The second kappa shape index (κ2) is 8.17. The van der Waals surface area contributed by atoms with Crippen LogP contribution in [0.25, 0.3) is 0 Å². The third-order valence-corrected chi connectivity index (χ3v) is 3.17. The van der Waals surface area contributed by atoms with Crippen molar-refractivity contribution in [2.45, 2.75) is 12.6 Å². The third-order valence-electron chi connectivity index (χ3n) is 3.17. The number of aliphatic hydroxyl groups excluding tert-OH is 2. The lowest BCUT2D eigenvalue weighted by Crippen LogP contribution is -2.24. The first-order chi connectivity index (χ1) is 10.7. The maximum atomic E-state index is 12.1. The highest BCUT2D eigenvalue weighted by Crippen LogP contribution is 2.11. The molecule has 0 aliphatic carbocycles. The lowest BCUT2D eigenvalue weighted by atomic mass is 10.1. The third kappa shape index (κ3) is 4.87. The Labute approximate surface area is 129 Å². The minimum atomic E-state index is -0.824. The number of hydrogen-bond donors (Lipinski definition) is 4. The summed E-state index contributed by atoms with van der Waals surface area (Å²) in [4.78, 5) is 12.1. The summed E-state index contributed by atoms with van der Waals surface area (Å²) in [6.07, 6.45) is -0.824. The molecule has 0 spiro atoms. The smallest absolute Gasteiger partial charge is 0.251 e. The monoisotopic (exact) mass is 300 g/mol. The second-order valence-electron chi connectivity index (χ2n) is 4.97. The average Bonchev–Trinajstić information content (AvgIpc) is 2.58. The van der Waals surface area contributed by atoms with Crippen molar-refractivity contribution in [2.75, 3.05) is 18.5 Å². The largest absolute Gasteiger partial charge is 0.394 e. The zero-order valence-electron chi connectivity index (χ0n) is 12.2. The van der Waals surface area contributed by atoms with Gasteiger partial charge in [-0.1, -0.05) is 36.4 Å². The van der Waals surface area contributed by atoms with E-state index in [0.29, 0.717) is 12.1 Å². The van der Waals surface area contributed by atoms with Crippen molar-refractivity contribution in [3.05, 3.63) is 65.7 Å². The fraction of sp³-hybridized carbons (Fsp3) is 0.235. The molecule has 0 saturated heterocycles. The zero-order chi connectivity index (χ0) is 15.8. The van der Waals surface area contributed by atoms with Crippen LogP contribution in [0.2, 0.25) is 0 Å². The van der Waals surface area contributed by atoms with Crippen molar-refractivity contribution in [1.82, 2.24) is 5.32 Å². The van der Waals surface area contributed by atoms with Crippen LogP contribution in [-0.4, -0.2) is 35.4 Å². The van der Waals surface area contributed by atoms with Crippen LogP contribution >= 0.6 is 0 Å². The summed E-state index contributed by atoms with van der Waals surface area (Å²) in [5.41, 5.74) is 2.30. The van der Waals surface area contributed by atoms with Crippen molar-refractivity contribution < 1.29 is 15.0 Å². The first kappa shape index (κ1) is 16.0. The molecule has 2 aromatic rings. The lowest BCUT2D eigenvalue weighted by molar-refractivity contribution is 0.0951. The standard InChI is InChI=1S/C17H20N2O3/c20-12-16(21)11-18-15-8-4-7-14(9-15)17(22)19-10-13-5-2-1-3-6-13/h1-9,16,18,20-21H,10-12H2,(H,19,22). The first-order valence-corrected chi connectivity index (χ1v) is 7.14. The number of amides is 1. The maximum absolute atomic E-state index is 12.1. The highest BCUT2D eigenvalue weighted by Gasteiger charge is 2.07. The number of carbonyl (C=O) groups excluding carboxylic acids is 1. The fourth-order valence-corrected chi connectivity index (χ4v) is 1.95. The summed E-state index contributed by atoms with van der Waals surface area (Å²) in [6, 6.07) is 16.7. The molecule has 2 aromatic carbocycles. The van der Waals surface area contributed by atoms with E-state index in [-0.39, 0.29) is 19.1 Å². The Morgan fingerprint density at radius 1 is 1.09 bits per heavy atom. The molecule has 1 atom stereocenters. The van der Waals surface area contributed by atoms with E-state index in [0.717, 1.165) is 11.3 Å². The molecule has 0 saturated carbocycles. The highest BCUT2D eigenvalue weighted by molar-refractivity contribution is 5.95. The van der Waals surface area contributed by atoms with Gasteiger partial charge in [0.25, 0.3) is 5.91 Å². The summed E-state index contributed by atoms with van der Waals surface area (Å²) in [5.74, 6) is -0.157. The number of benzene rings is 2. The van der Waals surface area contributed by atoms with Gasteiger partial charge in [0, 0.05) is 24.3 Å². The predicted molar refractivity (Wildman–Crippen MR) is 85.6 cm³/mol. The second-order valence-corrected chi connectivity index (χ2v) is 4.97. The molecule has 0 bridgehead atoms. The van der Waals surface area contributed by atoms with E-state index in [9.17, 15) is 9.90 Å². The Kier molecular flexibility index (Phi) is 5.94. The molecule has 0 radical (unpaired) electrons. The summed E-state index contributed by atoms with van der Waals surface area (Å²) in [7, 11) is 0. The van der Waals surface area contributed by atoms with Crippen molar-refractivity contribution in [3.8, 4) is 0 Å². The van der Waals surface area contributed by atoms with Gasteiger partial charge in [0.05, 0.1) is 12.7 Å². The molecule has 5 nitrogen and oxygen atoms in total. The Balaban J connectivity index is 1.92. The fourth-order valence-electron chi connectivity index (χ4n) is 1.95. The summed E-state index contributed by atoms with van der Waals surface area (Å²) in [6.45, 7) is 0.399. The topological polar surface area (TPSA) is 81.6 Å². The van der Waals surface area contributed by atoms with Gasteiger partial charge in [0.15, 0.2) is 0 Å². The SMILES string of the molecule is O=C(NCc1ccccc1)c1cccc(NCC(O)CO)c1. The molecule has 116 valence electrons. The number of nitrogens with one attached hydrogen (secondary N) is 2. The Morgan fingerprint density at radius 2 is 1.86 bits per heavy atom. The molecule has 5 heteroatoms. The van der Waals surface area contributed by atoms with Crippen molar-refractivity contribution >= 4 is 11.6 Å². The molecule has 0 heterocycles. The van der Waals surface area contributed by atoms with Crippen LogP contribution < -0.4 is 10.6 Å². The number of hydrogen-bond acceptors (Lipinski definition) is 4. The molecule has 0 aliphatic heterocycles. The number of carbonyl (C=O) groups is 1. The lowest BCUT2D eigenvalue weighted by Gasteiger charge is -2.11. The van der Waals surface area contributed by atoms with Gasteiger partial charge in [-0.25, -0.2) is 0 Å². The average molecular weight is 300 g/mol. The minimum Gasteiger partial charge on any atom is -0.394 e. The minimum absolute atomic E-state index is 0.157. The van der Waals surface area contributed by atoms with E-state index >= 15 is 0 Å². The molecular formula is C17H20N2O3. The molecular weight excluding hydrogens is 280 g/mol. The molecule has 22 heavy (non-hydrogen) atoms. The van der Waals surface area contributed by atoms with Crippen molar-refractivity contribution in [1.29, 1.82) is 0 Å². The molecule has 1 amide bonds. The van der Waals surface area contributed by atoms with Crippen LogP contribution in [0.15, 0.2) is 54.6 Å². The quantitative estimate of drug-likeness (QED) is 0.623. The molecule has 0 fully saturated rings. The van der Waals surface area contributed by atoms with Crippen molar-refractivity contribution in [3.63, 3.8) is 0 Å². The Bertz CT molecular complexity index is 602. The van der Waals surface area contributed by atoms with Crippen LogP contribution in [-0.2, 0) is 6.54 Å². The van der Waals surface area contributed by atoms with Crippen LogP contribution in [0, 0.1) is 0 Å². The van der Waals surface area contributed by atoms with Gasteiger partial charge in [-0.15, -0.1) is 0 Å². The van der Waals surface area contributed by atoms with E-state index < -0.39 is 6.10 Å². The van der Waals surface area contributed by atoms with E-state index in [1.807, 2.05) is 30.3 Å². The predicted octanol–water partition coefficient (Wildman–Crippen LogP) is 1.38. The summed E-state index contributed by atoms with van der Waals surface area (Å²) in [5, 5.41) is 23.9. The van der Waals surface area contributed by atoms with Crippen LogP contribution in [0.1, 0.15) is 15.9 Å². The zero-order valence-corrected chi connectivity index (χ0v) is 12.2. The van der Waals surface area contributed by atoms with Gasteiger partial charge in [0.2, 0.25) is 0 Å². The summed E-state index contributed by atoms with van der Waals surface area (Å²) < 4.78 is 0. The Hall–Kier alpha value is -2.37. The number of rotatable bonds is 7. The van der Waals surface area contributed by atoms with E-state index in [1.54, 1.807) is 24.3 Å². The van der Waals surface area contributed by atoms with E-state index in [1.165, 1.54) is 0 Å². The van der Waals surface area contributed by atoms with Gasteiger partial charge in [-0.3, -0.25) is 4.79 Å². The molecule has 0 aromatic heterocycles. The van der Waals surface area contributed by atoms with Gasteiger partial charge in [-0.2, -0.15) is 0 Å². The van der Waals surface area contributed by atoms with Gasteiger partial charge >= 0.3 is 0 Å². The van der Waals surface area contributed by atoms with E-state index in [2.05, 4.69) is 10.6 Å². The maximum Gasteiger partial charge on any atom is 0.251 e. The van der Waals surface area contributed by atoms with Crippen LogP contribution in [0.4, 0.5) is 5.69 Å². The number of anilines is 1. The van der Waals surface area contributed by atoms with Crippen LogP contribution in [0.5, 0.6) is 0 Å².